The van der Waals surface area contributed by atoms with E-state index in [0.29, 0.717) is 12.0 Å². The van der Waals surface area contributed by atoms with Crippen molar-refractivity contribution in [2.24, 2.45) is 11.8 Å². The van der Waals surface area contributed by atoms with E-state index in [2.05, 4.69) is 13.8 Å². The van der Waals surface area contributed by atoms with Crippen molar-refractivity contribution in [1.82, 2.24) is 0 Å². The maximum atomic E-state index is 5.89. The molecule has 2 heteroatoms. The van der Waals surface area contributed by atoms with Gasteiger partial charge in [-0.05, 0) is 24.7 Å². The Balaban J connectivity index is 1.75. The molecule has 1 unspecified atom stereocenters. The summed E-state index contributed by atoms with van der Waals surface area (Å²) in [5.41, 5.74) is 0. The summed E-state index contributed by atoms with van der Waals surface area (Å²) in [6.45, 7) is 5.20. The van der Waals surface area contributed by atoms with E-state index >= 15 is 0 Å². The summed E-state index contributed by atoms with van der Waals surface area (Å²) in [6, 6.07) is 0. The molecule has 0 aromatic carbocycles. The maximum Gasteiger partial charge on any atom is 0.158 e. The SMILES string of the molecule is CC(C)COC1C[C@@H]2CCCC[C@@H]2O1. The molecule has 0 radical (unpaired) electrons. The summed E-state index contributed by atoms with van der Waals surface area (Å²) in [4.78, 5) is 0. The molecule has 1 saturated carbocycles. The average Bonchev–Trinajstić information content (AvgIpc) is 2.57. The lowest BCUT2D eigenvalue weighted by molar-refractivity contribution is -0.142. The zero-order valence-corrected chi connectivity index (χ0v) is 9.37. The van der Waals surface area contributed by atoms with Gasteiger partial charge in [0.25, 0.3) is 0 Å². The second-order valence-electron chi connectivity index (χ2n) is 5.11. The lowest BCUT2D eigenvalue weighted by Crippen LogP contribution is -2.20. The van der Waals surface area contributed by atoms with Gasteiger partial charge < -0.3 is 9.47 Å². The van der Waals surface area contributed by atoms with Gasteiger partial charge in [-0.2, -0.15) is 0 Å². The molecule has 2 aliphatic rings. The fourth-order valence-corrected chi connectivity index (χ4v) is 2.53. The van der Waals surface area contributed by atoms with Crippen LogP contribution in [-0.4, -0.2) is 19.0 Å². The molecule has 1 heterocycles. The van der Waals surface area contributed by atoms with Gasteiger partial charge in [-0.25, -0.2) is 0 Å². The van der Waals surface area contributed by atoms with Gasteiger partial charge in [-0.15, -0.1) is 0 Å². The predicted octanol–water partition coefficient (Wildman–Crippen LogP) is 2.96. The number of fused-ring (bicyclic) bond motifs is 1. The Kier molecular flexibility index (Phi) is 3.45. The van der Waals surface area contributed by atoms with Crippen molar-refractivity contribution >= 4 is 0 Å². The molecule has 1 aliphatic carbocycles. The molecule has 2 fully saturated rings. The Labute approximate surface area is 87.0 Å². The molecule has 3 atom stereocenters. The van der Waals surface area contributed by atoms with Crippen LogP contribution in [0, 0.1) is 11.8 Å². The Morgan fingerprint density at radius 1 is 1.29 bits per heavy atom. The molecule has 0 N–H and O–H groups in total. The van der Waals surface area contributed by atoms with Crippen molar-refractivity contribution in [3.63, 3.8) is 0 Å². The van der Waals surface area contributed by atoms with Crippen molar-refractivity contribution in [2.75, 3.05) is 6.61 Å². The quantitative estimate of drug-likeness (QED) is 0.694. The third-order valence-corrected chi connectivity index (χ3v) is 3.28. The minimum atomic E-state index is 0.102. The van der Waals surface area contributed by atoms with Gasteiger partial charge in [0, 0.05) is 6.42 Å². The molecule has 0 aromatic rings. The number of hydrogen-bond acceptors (Lipinski definition) is 2. The Hall–Kier alpha value is -0.0800. The minimum absolute atomic E-state index is 0.102. The highest BCUT2D eigenvalue weighted by Gasteiger charge is 2.36. The number of ether oxygens (including phenoxy) is 2. The van der Waals surface area contributed by atoms with E-state index in [0.717, 1.165) is 18.9 Å². The smallest absolute Gasteiger partial charge is 0.158 e. The van der Waals surface area contributed by atoms with E-state index in [1.807, 2.05) is 0 Å². The summed E-state index contributed by atoms with van der Waals surface area (Å²) in [5, 5.41) is 0. The monoisotopic (exact) mass is 198 g/mol. The zero-order valence-electron chi connectivity index (χ0n) is 9.37. The van der Waals surface area contributed by atoms with Crippen LogP contribution in [0.2, 0.25) is 0 Å². The van der Waals surface area contributed by atoms with Crippen molar-refractivity contribution in [2.45, 2.75) is 58.3 Å². The molecule has 82 valence electrons. The van der Waals surface area contributed by atoms with Crippen molar-refractivity contribution < 1.29 is 9.47 Å². The Morgan fingerprint density at radius 3 is 2.79 bits per heavy atom. The van der Waals surface area contributed by atoms with Crippen molar-refractivity contribution in [3.05, 3.63) is 0 Å². The van der Waals surface area contributed by atoms with E-state index in [1.54, 1.807) is 0 Å². The van der Waals surface area contributed by atoms with Gasteiger partial charge in [0.05, 0.1) is 12.7 Å². The first-order chi connectivity index (χ1) is 6.75. The molecule has 0 amide bonds. The van der Waals surface area contributed by atoms with E-state index in [-0.39, 0.29) is 6.29 Å². The van der Waals surface area contributed by atoms with Crippen LogP contribution in [0.4, 0.5) is 0 Å². The summed E-state index contributed by atoms with van der Waals surface area (Å²) in [7, 11) is 0. The fourth-order valence-electron chi connectivity index (χ4n) is 2.53. The largest absolute Gasteiger partial charge is 0.352 e. The highest BCUT2D eigenvalue weighted by molar-refractivity contribution is 4.82. The van der Waals surface area contributed by atoms with E-state index in [9.17, 15) is 0 Å². The van der Waals surface area contributed by atoms with Crippen LogP contribution in [0.3, 0.4) is 0 Å². The second kappa shape index (κ2) is 4.63. The van der Waals surface area contributed by atoms with Crippen LogP contribution in [0.5, 0.6) is 0 Å². The zero-order chi connectivity index (χ0) is 9.97. The number of rotatable bonds is 3. The molecule has 2 rings (SSSR count). The van der Waals surface area contributed by atoms with Crippen LogP contribution in [0.1, 0.15) is 46.0 Å². The van der Waals surface area contributed by atoms with Gasteiger partial charge in [-0.3, -0.25) is 0 Å². The highest BCUT2D eigenvalue weighted by atomic mass is 16.7. The van der Waals surface area contributed by atoms with E-state index < -0.39 is 0 Å². The first kappa shape index (κ1) is 10.4. The van der Waals surface area contributed by atoms with Crippen LogP contribution < -0.4 is 0 Å². The lowest BCUT2D eigenvalue weighted by Gasteiger charge is -2.22. The third-order valence-electron chi connectivity index (χ3n) is 3.28. The highest BCUT2D eigenvalue weighted by Crippen LogP contribution is 2.37. The Morgan fingerprint density at radius 2 is 2.07 bits per heavy atom. The first-order valence-corrected chi connectivity index (χ1v) is 6.03. The van der Waals surface area contributed by atoms with Gasteiger partial charge in [0.15, 0.2) is 6.29 Å². The van der Waals surface area contributed by atoms with E-state index in [1.165, 1.54) is 25.7 Å². The molecule has 14 heavy (non-hydrogen) atoms. The lowest BCUT2D eigenvalue weighted by atomic mass is 9.86. The van der Waals surface area contributed by atoms with Gasteiger partial charge >= 0.3 is 0 Å². The number of hydrogen-bond donors (Lipinski definition) is 0. The van der Waals surface area contributed by atoms with Gasteiger partial charge in [-0.1, -0.05) is 26.7 Å². The topological polar surface area (TPSA) is 18.5 Å². The summed E-state index contributed by atoms with van der Waals surface area (Å²) < 4.78 is 11.6. The van der Waals surface area contributed by atoms with Gasteiger partial charge in [0.1, 0.15) is 0 Å². The Bertz CT molecular complexity index is 165. The molecular formula is C12H22O2. The van der Waals surface area contributed by atoms with Crippen LogP contribution in [0.25, 0.3) is 0 Å². The third kappa shape index (κ3) is 2.48. The van der Waals surface area contributed by atoms with Crippen LogP contribution in [0.15, 0.2) is 0 Å². The van der Waals surface area contributed by atoms with Gasteiger partial charge in [0.2, 0.25) is 0 Å². The minimum Gasteiger partial charge on any atom is -0.352 e. The van der Waals surface area contributed by atoms with E-state index in [4.69, 9.17) is 9.47 Å². The molecule has 0 spiro atoms. The summed E-state index contributed by atoms with van der Waals surface area (Å²) in [6.07, 6.45) is 7.10. The van der Waals surface area contributed by atoms with Crippen LogP contribution >= 0.6 is 0 Å². The van der Waals surface area contributed by atoms with Crippen LogP contribution in [-0.2, 0) is 9.47 Å². The van der Waals surface area contributed by atoms with Crippen molar-refractivity contribution in [3.8, 4) is 0 Å². The van der Waals surface area contributed by atoms with Crippen molar-refractivity contribution in [1.29, 1.82) is 0 Å². The molecular weight excluding hydrogens is 176 g/mol. The fraction of sp³-hybridized carbons (Fsp3) is 1.00. The molecule has 2 nitrogen and oxygen atoms in total. The molecule has 1 aliphatic heterocycles. The summed E-state index contributed by atoms with van der Waals surface area (Å²) in [5.74, 6) is 1.40. The molecule has 0 bridgehead atoms. The maximum absolute atomic E-state index is 5.89. The second-order valence-corrected chi connectivity index (χ2v) is 5.11. The average molecular weight is 198 g/mol. The summed E-state index contributed by atoms with van der Waals surface area (Å²) >= 11 is 0. The standard InChI is InChI=1S/C12H22O2/c1-9(2)8-13-12-7-10-5-3-4-6-11(10)14-12/h9-12H,3-8H2,1-2H3/t10-,11-,12?/m0/s1. The molecule has 0 aromatic heterocycles. The first-order valence-electron chi connectivity index (χ1n) is 6.03. The molecule has 1 saturated heterocycles. The normalized spacial score (nSPS) is 37.5. The predicted molar refractivity (Wildman–Crippen MR) is 56.0 cm³/mol.